The van der Waals surface area contributed by atoms with Gasteiger partial charge in [0.25, 0.3) is 5.69 Å². The number of hydrogen-bond donors (Lipinski definition) is 1. The zero-order valence-corrected chi connectivity index (χ0v) is 12.7. The van der Waals surface area contributed by atoms with Gasteiger partial charge in [0.15, 0.2) is 0 Å². The zero-order chi connectivity index (χ0) is 16.2. The van der Waals surface area contributed by atoms with Crippen LogP contribution < -0.4 is 5.32 Å². The number of anilines is 1. The Morgan fingerprint density at radius 3 is 2.36 bits per heavy atom. The first-order chi connectivity index (χ1) is 10.6. The van der Waals surface area contributed by atoms with Crippen molar-refractivity contribution in [1.82, 2.24) is 0 Å². The van der Waals surface area contributed by atoms with Gasteiger partial charge in [0, 0.05) is 37.4 Å². The minimum absolute atomic E-state index is 0.0729. The Morgan fingerprint density at radius 2 is 1.77 bits per heavy atom. The predicted molar refractivity (Wildman–Crippen MR) is 83.1 cm³/mol. The van der Waals surface area contributed by atoms with E-state index in [9.17, 15) is 14.9 Å². The standard InChI is InChI=1S/C15H22N2O5/c1-13(18)3-2-9-21-11-12-22-10-8-16-14-4-6-15(7-5-14)17(19)20/h4-7,16H,2-3,8-12H2,1H3. The summed E-state index contributed by atoms with van der Waals surface area (Å²) in [5.74, 6) is 0.178. The summed E-state index contributed by atoms with van der Waals surface area (Å²) in [4.78, 5) is 20.8. The van der Waals surface area contributed by atoms with Crippen LogP contribution in [0.1, 0.15) is 19.8 Å². The Bertz CT molecular complexity index is 462. The Balaban J connectivity index is 1.97. The van der Waals surface area contributed by atoms with E-state index >= 15 is 0 Å². The van der Waals surface area contributed by atoms with Crippen LogP contribution in [0.15, 0.2) is 24.3 Å². The highest BCUT2D eigenvalue weighted by Gasteiger charge is 2.03. The second-order valence-electron chi connectivity index (χ2n) is 4.76. The van der Waals surface area contributed by atoms with Crippen molar-refractivity contribution in [2.45, 2.75) is 19.8 Å². The molecule has 0 saturated heterocycles. The summed E-state index contributed by atoms with van der Waals surface area (Å²) in [5, 5.41) is 13.6. The van der Waals surface area contributed by atoms with Crippen LogP contribution in [0.3, 0.4) is 0 Å². The van der Waals surface area contributed by atoms with Crippen LogP contribution in [0.2, 0.25) is 0 Å². The monoisotopic (exact) mass is 310 g/mol. The number of carbonyl (C=O) groups excluding carboxylic acids is 1. The smallest absolute Gasteiger partial charge is 0.269 e. The van der Waals surface area contributed by atoms with Crippen molar-refractivity contribution in [3.8, 4) is 0 Å². The van der Waals surface area contributed by atoms with Crippen LogP contribution in [-0.4, -0.2) is 43.7 Å². The maximum Gasteiger partial charge on any atom is 0.269 e. The molecule has 1 aromatic rings. The van der Waals surface area contributed by atoms with Crippen molar-refractivity contribution in [2.24, 2.45) is 0 Å². The number of carbonyl (C=O) groups is 1. The highest BCUT2D eigenvalue weighted by Crippen LogP contribution is 2.14. The maximum absolute atomic E-state index is 10.7. The fourth-order valence-corrected chi connectivity index (χ4v) is 1.71. The molecule has 0 radical (unpaired) electrons. The number of ketones is 1. The summed E-state index contributed by atoms with van der Waals surface area (Å²) >= 11 is 0. The number of benzene rings is 1. The van der Waals surface area contributed by atoms with E-state index in [2.05, 4.69) is 5.32 Å². The lowest BCUT2D eigenvalue weighted by Gasteiger charge is -2.07. The van der Waals surface area contributed by atoms with E-state index in [0.717, 1.165) is 12.1 Å². The molecule has 0 aliphatic carbocycles. The van der Waals surface area contributed by atoms with Crippen LogP contribution >= 0.6 is 0 Å². The van der Waals surface area contributed by atoms with E-state index in [1.54, 1.807) is 19.1 Å². The molecule has 122 valence electrons. The Kier molecular flexibility index (Phi) is 8.78. The highest BCUT2D eigenvalue weighted by molar-refractivity contribution is 5.75. The van der Waals surface area contributed by atoms with Crippen molar-refractivity contribution < 1.29 is 19.2 Å². The van der Waals surface area contributed by atoms with Crippen molar-refractivity contribution in [3.05, 3.63) is 34.4 Å². The fraction of sp³-hybridized carbons (Fsp3) is 0.533. The summed E-state index contributed by atoms with van der Waals surface area (Å²) in [6, 6.07) is 6.24. The summed E-state index contributed by atoms with van der Waals surface area (Å²) in [6.07, 6.45) is 1.30. The first-order valence-electron chi connectivity index (χ1n) is 7.23. The van der Waals surface area contributed by atoms with Crippen LogP contribution in [0.25, 0.3) is 0 Å². The molecule has 0 aromatic heterocycles. The second kappa shape index (κ2) is 10.7. The van der Waals surface area contributed by atoms with Crippen LogP contribution in [0.4, 0.5) is 11.4 Å². The summed E-state index contributed by atoms with van der Waals surface area (Å²) < 4.78 is 10.7. The molecule has 0 bridgehead atoms. The second-order valence-corrected chi connectivity index (χ2v) is 4.76. The molecule has 0 saturated carbocycles. The number of non-ortho nitro benzene ring substituents is 1. The topological polar surface area (TPSA) is 90.7 Å². The van der Waals surface area contributed by atoms with E-state index in [-0.39, 0.29) is 11.5 Å². The first-order valence-corrected chi connectivity index (χ1v) is 7.23. The molecule has 1 N–H and O–H groups in total. The van der Waals surface area contributed by atoms with E-state index in [1.807, 2.05) is 0 Å². The molecule has 0 fully saturated rings. The van der Waals surface area contributed by atoms with Crippen LogP contribution in [0.5, 0.6) is 0 Å². The molecule has 0 heterocycles. The number of nitrogens with zero attached hydrogens (tertiary/aromatic N) is 1. The summed E-state index contributed by atoms with van der Waals surface area (Å²) in [6.45, 7) is 4.29. The number of nitrogens with one attached hydrogen (secondary N) is 1. The normalized spacial score (nSPS) is 10.4. The maximum atomic E-state index is 10.7. The minimum Gasteiger partial charge on any atom is -0.383 e. The third kappa shape index (κ3) is 8.33. The fourth-order valence-electron chi connectivity index (χ4n) is 1.71. The van der Waals surface area contributed by atoms with E-state index < -0.39 is 4.92 Å². The average Bonchev–Trinajstić information content (AvgIpc) is 2.49. The lowest BCUT2D eigenvalue weighted by molar-refractivity contribution is -0.384. The summed E-state index contributed by atoms with van der Waals surface area (Å²) in [7, 11) is 0. The molecule has 0 aliphatic heterocycles. The van der Waals surface area contributed by atoms with Gasteiger partial charge in [-0.2, -0.15) is 0 Å². The predicted octanol–water partition coefficient (Wildman–Crippen LogP) is 2.41. The molecular weight excluding hydrogens is 288 g/mol. The molecular formula is C15H22N2O5. The number of Topliss-reactive ketones (excluding diaryl/α,β-unsaturated/α-hetero) is 1. The Labute approximate surface area is 129 Å². The number of hydrogen-bond acceptors (Lipinski definition) is 6. The molecule has 0 spiro atoms. The largest absolute Gasteiger partial charge is 0.383 e. The van der Waals surface area contributed by atoms with Gasteiger partial charge in [0.2, 0.25) is 0 Å². The molecule has 0 amide bonds. The quantitative estimate of drug-likeness (QED) is 0.362. The van der Waals surface area contributed by atoms with Crippen molar-refractivity contribution in [1.29, 1.82) is 0 Å². The van der Waals surface area contributed by atoms with Crippen molar-refractivity contribution >= 4 is 17.2 Å². The van der Waals surface area contributed by atoms with Crippen LogP contribution in [-0.2, 0) is 14.3 Å². The molecule has 22 heavy (non-hydrogen) atoms. The minimum atomic E-state index is -0.427. The molecule has 1 rings (SSSR count). The molecule has 7 heteroatoms. The number of ether oxygens (including phenoxy) is 2. The first kappa shape index (κ1) is 18.1. The highest BCUT2D eigenvalue weighted by atomic mass is 16.6. The third-order valence-electron chi connectivity index (χ3n) is 2.84. The Morgan fingerprint density at radius 1 is 1.14 bits per heavy atom. The van der Waals surface area contributed by atoms with Gasteiger partial charge in [0.1, 0.15) is 5.78 Å². The number of nitro groups is 1. The lowest BCUT2D eigenvalue weighted by atomic mass is 10.2. The molecule has 0 aliphatic rings. The van der Waals surface area contributed by atoms with Gasteiger partial charge in [-0.3, -0.25) is 10.1 Å². The van der Waals surface area contributed by atoms with Gasteiger partial charge >= 0.3 is 0 Å². The van der Waals surface area contributed by atoms with E-state index in [4.69, 9.17) is 9.47 Å². The van der Waals surface area contributed by atoms with E-state index in [0.29, 0.717) is 39.4 Å². The third-order valence-corrected chi connectivity index (χ3v) is 2.84. The number of rotatable bonds is 12. The lowest BCUT2D eigenvalue weighted by Crippen LogP contribution is -2.12. The van der Waals surface area contributed by atoms with Crippen LogP contribution in [0, 0.1) is 10.1 Å². The molecule has 7 nitrogen and oxygen atoms in total. The number of nitro benzene ring substituents is 1. The van der Waals surface area contributed by atoms with E-state index in [1.165, 1.54) is 12.1 Å². The van der Waals surface area contributed by atoms with Gasteiger partial charge in [-0.25, -0.2) is 0 Å². The van der Waals surface area contributed by atoms with Gasteiger partial charge in [-0.1, -0.05) is 0 Å². The van der Waals surface area contributed by atoms with Crippen molar-refractivity contribution in [3.63, 3.8) is 0 Å². The zero-order valence-electron chi connectivity index (χ0n) is 12.7. The molecule has 0 atom stereocenters. The summed E-state index contributed by atoms with van der Waals surface area (Å²) in [5.41, 5.74) is 0.887. The van der Waals surface area contributed by atoms with Gasteiger partial charge < -0.3 is 19.6 Å². The SMILES string of the molecule is CC(=O)CCCOCCOCCNc1ccc([N+](=O)[O-])cc1. The van der Waals surface area contributed by atoms with Gasteiger partial charge in [-0.05, 0) is 25.5 Å². The van der Waals surface area contributed by atoms with Gasteiger partial charge in [-0.15, -0.1) is 0 Å². The average molecular weight is 310 g/mol. The molecule has 0 unspecified atom stereocenters. The molecule has 1 aromatic carbocycles. The van der Waals surface area contributed by atoms with Gasteiger partial charge in [0.05, 0.1) is 24.7 Å². The van der Waals surface area contributed by atoms with Crippen molar-refractivity contribution in [2.75, 3.05) is 38.3 Å². The Hall–Kier alpha value is -1.99.